The number of benzene rings is 14. The lowest BCUT2D eigenvalue weighted by Gasteiger charge is -2.09. The molecular weight excluding hydrogens is 1370 g/mol. The van der Waals surface area contributed by atoms with Gasteiger partial charge in [0.05, 0.1) is 22.1 Å². The normalized spacial score (nSPS) is 11.3. The van der Waals surface area contributed by atoms with Gasteiger partial charge in [0, 0.05) is 92.3 Å². The third-order valence-corrected chi connectivity index (χ3v) is 19.2. The van der Waals surface area contributed by atoms with Crippen molar-refractivity contribution >= 4 is 111 Å². The summed E-state index contributed by atoms with van der Waals surface area (Å²) in [5, 5.41) is 17.5. The highest BCUT2D eigenvalue weighted by Crippen LogP contribution is 2.43. The highest BCUT2D eigenvalue weighted by Gasteiger charge is 2.22. The fourth-order valence-electron chi connectivity index (χ4n) is 14.0. The summed E-state index contributed by atoms with van der Waals surface area (Å²) >= 11 is 3.59. The number of nitrogens with zero attached hydrogens (tertiary/aromatic N) is 8. The molecule has 0 aliphatic carbocycles. The molecule has 20 aromatic rings. The van der Waals surface area contributed by atoms with Gasteiger partial charge in [0.15, 0.2) is 34.9 Å². The summed E-state index contributed by atoms with van der Waals surface area (Å²) in [6, 6.07) is 115. The van der Waals surface area contributed by atoms with Crippen LogP contribution in [0.2, 0.25) is 0 Å². The molecule has 1 N–H and O–H groups in total. The zero-order chi connectivity index (χ0) is 69.5. The minimum atomic E-state index is 0. The van der Waals surface area contributed by atoms with E-state index in [9.17, 15) is 0 Å². The van der Waals surface area contributed by atoms with Crippen molar-refractivity contribution in [2.24, 2.45) is 0 Å². The van der Waals surface area contributed by atoms with Crippen LogP contribution in [0.4, 0.5) is 4.70 Å². The van der Waals surface area contributed by atoms with E-state index in [4.69, 9.17) is 48.4 Å². The van der Waals surface area contributed by atoms with Crippen molar-refractivity contribution in [3.63, 3.8) is 0 Å². The van der Waals surface area contributed by atoms with Crippen molar-refractivity contribution < 1.29 is 23.2 Å². The molecular formula is C90H58BBrFN8O4. The van der Waals surface area contributed by atoms with Gasteiger partial charge in [0.2, 0.25) is 0 Å². The van der Waals surface area contributed by atoms with Gasteiger partial charge in [-0.3, -0.25) is 4.70 Å². The summed E-state index contributed by atoms with van der Waals surface area (Å²) in [6.07, 6.45) is 0. The highest BCUT2D eigenvalue weighted by atomic mass is 79.9. The molecule has 6 heterocycles. The van der Waals surface area contributed by atoms with Crippen molar-refractivity contribution in [2.45, 2.75) is 0 Å². The van der Waals surface area contributed by atoms with Crippen molar-refractivity contribution in [1.29, 1.82) is 0 Å². The minimum Gasteiger partial charge on any atom is -0.537 e. The third-order valence-electron chi connectivity index (χ3n) is 18.7. The first-order chi connectivity index (χ1) is 51.4. The molecule has 14 aromatic carbocycles. The molecule has 0 aliphatic heterocycles. The van der Waals surface area contributed by atoms with E-state index >= 15 is 0 Å². The molecule has 0 saturated carbocycles. The number of furan rings is 2. The third kappa shape index (κ3) is 12.4. The van der Waals surface area contributed by atoms with Crippen LogP contribution < -0.4 is 4.65 Å². The smallest absolute Gasteiger partial charge is 0.537 e. The fourth-order valence-corrected chi connectivity index (χ4v) is 14.3. The van der Waals surface area contributed by atoms with Crippen LogP contribution in [0.3, 0.4) is 0 Å². The Morgan fingerprint density at radius 3 is 1.09 bits per heavy atom. The maximum absolute atomic E-state index is 8.84. The Bertz CT molecular complexity index is 6470. The summed E-state index contributed by atoms with van der Waals surface area (Å²) in [6.45, 7) is 0. The minimum absolute atomic E-state index is 0. The lowest BCUT2D eigenvalue weighted by atomic mass is 9.99. The summed E-state index contributed by atoms with van der Waals surface area (Å²) in [7, 11) is 0.706. The lowest BCUT2D eigenvalue weighted by Crippen LogP contribution is -2.00. The summed E-state index contributed by atoms with van der Waals surface area (Å²) in [5.74, 6) is 4.37. The Balaban J connectivity index is 0.000000126. The molecule has 105 heavy (non-hydrogen) atoms. The largest absolute Gasteiger partial charge is 0.569 e. The van der Waals surface area contributed by atoms with Crippen LogP contribution in [0.1, 0.15) is 0 Å². The molecule has 15 heteroatoms. The van der Waals surface area contributed by atoms with E-state index in [-0.39, 0.29) is 4.70 Å². The van der Waals surface area contributed by atoms with E-state index in [0.29, 0.717) is 48.4 Å². The number of fused-ring (bicyclic) bond motifs is 12. The van der Waals surface area contributed by atoms with Gasteiger partial charge < -0.3 is 27.6 Å². The number of aromatic nitrogens is 8. The van der Waals surface area contributed by atoms with E-state index in [1.54, 1.807) is 0 Å². The summed E-state index contributed by atoms with van der Waals surface area (Å²) in [5.41, 5.74) is 18.0. The quantitative estimate of drug-likeness (QED) is 0.124. The van der Waals surface area contributed by atoms with Crippen LogP contribution in [-0.4, -0.2) is 51.7 Å². The summed E-state index contributed by atoms with van der Waals surface area (Å²) in [4.78, 5) is 29.5. The van der Waals surface area contributed by atoms with E-state index in [2.05, 4.69) is 152 Å². The van der Waals surface area contributed by atoms with Crippen molar-refractivity contribution in [3.8, 4) is 96.6 Å². The Kier molecular flexibility index (Phi) is 17.4. The molecule has 12 nitrogen and oxygen atoms in total. The molecule has 0 fully saturated rings. The van der Waals surface area contributed by atoms with E-state index in [1.165, 1.54) is 21.8 Å². The molecule has 0 unspecified atom stereocenters. The van der Waals surface area contributed by atoms with Crippen LogP contribution in [0.15, 0.2) is 353 Å². The maximum atomic E-state index is 8.84. The van der Waals surface area contributed by atoms with Gasteiger partial charge >= 0.3 is 7.69 Å². The van der Waals surface area contributed by atoms with Gasteiger partial charge in [-0.15, -0.1) is 0 Å². The number of halogens is 2. The average molecular weight is 1430 g/mol. The molecule has 20 rings (SSSR count). The Morgan fingerprint density at radius 2 is 0.638 bits per heavy atom. The second-order valence-electron chi connectivity index (χ2n) is 25.0. The van der Waals surface area contributed by atoms with Gasteiger partial charge in [-0.2, -0.15) is 0 Å². The molecule has 0 aliphatic rings. The first kappa shape index (κ1) is 64.9. The van der Waals surface area contributed by atoms with Crippen LogP contribution in [0.25, 0.3) is 178 Å². The van der Waals surface area contributed by atoms with E-state index < -0.39 is 0 Å². The van der Waals surface area contributed by atoms with Crippen LogP contribution in [-0.2, 0) is 0 Å². The van der Waals surface area contributed by atoms with Gasteiger partial charge in [-0.1, -0.05) is 246 Å². The van der Waals surface area contributed by atoms with Crippen molar-refractivity contribution in [1.82, 2.24) is 39.0 Å². The second kappa shape index (κ2) is 28.2. The molecule has 0 spiro atoms. The average Bonchev–Trinajstić information content (AvgIpc) is 1.70. The van der Waals surface area contributed by atoms with Gasteiger partial charge in [-0.05, 0) is 120 Å². The van der Waals surface area contributed by atoms with Crippen molar-refractivity contribution in [3.05, 3.63) is 344 Å². The zero-order valence-electron chi connectivity index (χ0n) is 55.9. The van der Waals surface area contributed by atoms with Crippen molar-refractivity contribution in [2.75, 3.05) is 0 Å². The van der Waals surface area contributed by atoms with Crippen LogP contribution in [0, 0.1) is 0 Å². The lowest BCUT2D eigenvalue weighted by molar-refractivity contribution is 0.454. The predicted octanol–water partition coefficient (Wildman–Crippen LogP) is 22.9. The molecule has 0 amide bonds. The molecule has 0 saturated heterocycles. The summed E-state index contributed by atoms with van der Waals surface area (Å²) < 4.78 is 23.2. The SMILES string of the molecule is Brc1ccc2oc3cccc(-c4nc(-c5ccccc5)nc(-c5ccccc5)n4)c3c2c1.F.O[B]Oc1ccc2c(c1)c1ccccc1n2-c1ccccc1.c1ccc(-c2nc(-c3ccccc3)nc(-c3cccc4oc5ccc(-c6ccc7c(c6)c6ccccc6n7-c6ccccc6)cc5c34)n2)cc1. The first-order valence-electron chi connectivity index (χ1n) is 34.0. The number of hydrogen-bond donors (Lipinski definition) is 1. The Labute approximate surface area is 610 Å². The zero-order valence-corrected chi connectivity index (χ0v) is 57.5. The highest BCUT2D eigenvalue weighted by molar-refractivity contribution is 9.10. The first-order valence-corrected chi connectivity index (χ1v) is 34.8. The standard InChI is InChI=1S/C45H28N4O.C27H16BrN3O.C18H13BNO2.FH/c1-4-13-29(14-5-1)43-46-44(30-15-6-2-7-16-30)48-45(47-43)35-20-12-22-41-42(35)37-28-32(24-26-40(37)50-41)31-23-25-39-36(27-31)34-19-10-11-21-38(34)49(39)33-17-8-3-9-18-33;28-19-14-15-22-21(16-19)24-20(12-7-13-23(24)32-22)27-30-25(17-8-3-1-4-9-17)29-26(31-27)18-10-5-2-6-11-18;21-19-22-14-10-11-18-16(12-14)15-8-4-5-9-17(15)20(18)13-6-2-1-3-7-13;/h1-28H;1-16H;1-12,21H;1H. The van der Waals surface area contributed by atoms with Crippen LogP contribution >= 0.6 is 15.9 Å². The molecule has 6 aromatic heterocycles. The van der Waals surface area contributed by atoms with Gasteiger partial charge in [0.1, 0.15) is 28.1 Å². The fraction of sp³-hybridized carbons (Fsp3) is 0. The van der Waals surface area contributed by atoms with E-state index in [0.717, 1.165) is 126 Å². The van der Waals surface area contributed by atoms with E-state index in [1.807, 2.05) is 212 Å². The number of rotatable bonds is 11. The molecule has 0 atom stereocenters. The van der Waals surface area contributed by atoms with Gasteiger partial charge in [0.25, 0.3) is 0 Å². The monoisotopic (exact) mass is 1420 g/mol. The number of hydrogen-bond acceptors (Lipinski definition) is 10. The molecule has 0 bridgehead atoms. The Hall–Kier alpha value is -13.5. The Morgan fingerprint density at radius 1 is 0.286 bits per heavy atom. The molecule has 499 valence electrons. The second-order valence-corrected chi connectivity index (χ2v) is 25.9. The van der Waals surface area contributed by atoms with Gasteiger partial charge in [-0.25, -0.2) is 29.9 Å². The number of para-hydroxylation sites is 4. The topological polar surface area (TPSA) is 143 Å². The predicted molar refractivity (Wildman–Crippen MR) is 426 cm³/mol. The maximum Gasteiger partial charge on any atom is 0.569 e. The molecule has 1 radical (unpaired) electrons. The van der Waals surface area contributed by atoms with Crippen LogP contribution in [0.5, 0.6) is 5.75 Å².